The number of halogens is 1. The number of piperazine rings is 1. The number of carbonyl (C=O) groups is 2. The summed E-state index contributed by atoms with van der Waals surface area (Å²) in [5.41, 5.74) is 1.35. The monoisotopic (exact) mass is 427 g/mol. The van der Waals surface area contributed by atoms with Gasteiger partial charge in [-0.15, -0.1) is 0 Å². The molecule has 1 atom stereocenters. The molecule has 2 amide bonds. The molecular weight excluding hydrogens is 398 g/mol. The molecule has 0 aliphatic carbocycles. The molecule has 30 heavy (non-hydrogen) atoms. The number of amides is 2. The third kappa shape index (κ3) is 5.02. The highest BCUT2D eigenvalue weighted by molar-refractivity contribution is 6.31. The van der Waals surface area contributed by atoms with Gasteiger partial charge in [0.05, 0.1) is 11.5 Å². The summed E-state index contributed by atoms with van der Waals surface area (Å²) in [6.45, 7) is 8.87. The largest absolute Gasteiger partial charge is 0.351 e. The standard InChI is InChI=1S/C24H30ClN3O2/c1-18(22(29)26-17-19-9-7-8-12-21(19)25)27-13-15-28(16-14-27)23(30)24(2,3)20-10-5-4-6-11-20/h4-12,18H,13-17H2,1-3H3,(H,26,29). The van der Waals surface area contributed by atoms with E-state index >= 15 is 0 Å². The van der Waals surface area contributed by atoms with Crippen LogP contribution in [0.2, 0.25) is 5.02 Å². The van der Waals surface area contributed by atoms with E-state index in [0.717, 1.165) is 11.1 Å². The van der Waals surface area contributed by atoms with Crippen LogP contribution in [0.4, 0.5) is 0 Å². The molecule has 0 aromatic heterocycles. The highest BCUT2D eigenvalue weighted by Crippen LogP contribution is 2.26. The van der Waals surface area contributed by atoms with Crippen molar-refractivity contribution in [1.29, 1.82) is 0 Å². The molecule has 3 rings (SSSR count). The lowest BCUT2D eigenvalue weighted by Gasteiger charge is -2.40. The molecule has 1 aliphatic heterocycles. The number of rotatable bonds is 6. The van der Waals surface area contributed by atoms with Crippen molar-refractivity contribution < 1.29 is 9.59 Å². The zero-order chi connectivity index (χ0) is 21.7. The lowest BCUT2D eigenvalue weighted by Crippen LogP contribution is -2.57. The van der Waals surface area contributed by atoms with Crippen LogP contribution >= 0.6 is 11.6 Å². The summed E-state index contributed by atoms with van der Waals surface area (Å²) in [6, 6.07) is 17.1. The minimum atomic E-state index is -0.568. The Bertz CT molecular complexity index is 877. The van der Waals surface area contributed by atoms with Gasteiger partial charge < -0.3 is 10.2 Å². The highest BCUT2D eigenvalue weighted by Gasteiger charge is 2.36. The third-order valence-electron chi connectivity index (χ3n) is 5.97. The molecule has 1 N–H and O–H groups in total. The first kappa shape index (κ1) is 22.3. The summed E-state index contributed by atoms with van der Waals surface area (Å²) in [5, 5.41) is 3.62. The summed E-state index contributed by atoms with van der Waals surface area (Å²) in [7, 11) is 0. The van der Waals surface area contributed by atoms with E-state index in [1.807, 2.05) is 80.3 Å². The predicted octanol–water partition coefficient (Wildman–Crippen LogP) is 3.47. The molecular formula is C24H30ClN3O2. The van der Waals surface area contributed by atoms with Crippen molar-refractivity contribution >= 4 is 23.4 Å². The molecule has 2 aromatic carbocycles. The molecule has 0 radical (unpaired) electrons. The maximum Gasteiger partial charge on any atom is 0.237 e. The second-order valence-corrected chi connectivity index (χ2v) is 8.71. The van der Waals surface area contributed by atoms with E-state index in [2.05, 4.69) is 10.2 Å². The van der Waals surface area contributed by atoms with Crippen LogP contribution in [-0.2, 0) is 21.5 Å². The molecule has 1 aliphatic rings. The Balaban J connectivity index is 1.52. The zero-order valence-corrected chi connectivity index (χ0v) is 18.7. The molecule has 5 nitrogen and oxygen atoms in total. The Morgan fingerprint density at radius 2 is 1.60 bits per heavy atom. The van der Waals surface area contributed by atoms with Gasteiger partial charge in [-0.25, -0.2) is 0 Å². The number of hydrogen-bond acceptors (Lipinski definition) is 3. The Hall–Kier alpha value is -2.37. The van der Waals surface area contributed by atoms with Gasteiger partial charge in [0, 0.05) is 37.7 Å². The molecule has 1 unspecified atom stereocenters. The number of nitrogens with one attached hydrogen (secondary N) is 1. The molecule has 0 bridgehead atoms. The lowest BCUT2D eigenvalue weighted by molar-refractivity contribution is -0.139. The van der Waals surface area contributed by atoms with Crippen LogP contribution in [-0.4, -0.2) is 53.8 Å². The maximum absolute atomic E-state index is 13.1. The molecule has 2 aromatic rings. The molecule has 1 saturated heterocycles. The molecule has 0 spiro atoms. The Kier molecular flexibility index (Phi) is 7.16. The van der Waals surface area contributed by atoms with E-state index in [4.69, 9.17) is 11.6 Å². The average molecular weight is 428 g/mol. The van der Waals surface area contributed by atoms with Crippen molar-refractivity contribution in [2.75, 3.05) is 26.2 Å². The molecule has 160 valence electrons. The fraction of sp³-hybridized carbons (Fsp3) is 0.417. The van der Waals surface area contributed by atoms with Gasteiger partial charge in [0.25, 0.3) is 0 Å². The van der Waals surface area contributed by atoms with Crippen molar-refractivity contribution in [3.05, 3.63) is 70.7 Å². The summed E-state index contributed by atoms with van der Waals surface area (Å²) >= 11 is 6.16. The van der Waals surface area contributed by atoms with Gasteiger partial charge in [-0.05, 0) is 38.0 Å². The SMILES string of the molecule is CC(C(=O)NCc1ccccc1Cl)N1CCN(C(=O)C(C)(C)c2ccccc2)CC1. The first-order valence-corrected chi connectivity index (χ1v) is 10.8. The van der Waals surface area contributed by atoms with Crippen LogP contribution in [0.1, 0.15) is 31.9 Å². The van der Waals surface area contributed by atoms with Crippen molar-refractivity contribution in [2.24, 2.45) is 0 Å². The van der Waals surface area contributed by atoms with Gasteiger partial charge in [-0.3, -0.25) is 14.5 Å². The maximum atomic E-state index is 13.1. The molecule has 6 heteroatoms. The van der Waals surface area contributed by atoms with E-state index in [-0.39, 0.29) is 17.9 Å². The van der Waals surface area contributed by atoms with E-state index in [9.17, 15) is 9.59 Å². The van der Waals surface area contributed by atoms with Gasteiger partial charge in [0.2, 0.25) is 11.8 Å². The topological polar surface area (TPSA) is 52.7 Å². The minimum Gasteiger partial charge on any atom is -0.351 e. The second kappa shape index (κ2) is 9.63. The summed E-state index contributed by atoms with van der Waals surface area (Å²) in [5.74, 6) is 0.100. The van der Waals surface area contributed by atoms with Crippen molar-refractivity contribution in [3.63, 3.8) is 0 Å². The normalized spacial score (nSPS) is 16.2. The number of carbonyl (C=O) groups excluding carboxylic acids is 2. The van der Waals surface area contributed by atoms with E-state index < -0.39 is 5.41 Å². The van der Waals surface area contributed by atoms with Gasteiger partial charge >= 0.3 is 0 Å². The number of hydrogen-bond donors (Lipinski definition) is 1. The third-order valence-corrected chi connectivity index (χ3v) is 6.34. The Labute approximate surface area is 184 Å². The van der Waals surface area contributed by atoms with Crippen LogP contribution in [0.25, 0.3) is 0 Å². The van der Waals surface area contributed by atoms with E-state index in [0.29, 0.717) is 37.7 Å². The Morgan fingerprint density at radius 1 is 1.00 bits per heavy atom. The molecule has 1 fully saturated rings. The van der Waals surface area contributed by atoms with Crippen LogP contribution in [0.15, 0.2) is 54.6 Å². The van der Waals surface area contributed by atoms with Crippen LogP contribution in [0.3, 0.4) is 0 Å². The van der Waals surface area contributed by atoms with Crippen molar-refractivity contribution in [1.82, 2.24) is 15.1 Å². The van der Waals surface area contributed by atoms with Crippen LogP contribution in [0, 0.1) is 0 Å². The minimum absolute atomic E-state index is 0.0284. The summed E-state index contributed by atoms with van der Waals surface area (Å²) < 4.78 is 0. The fourth-order valence-electron chi connectivity index (χ4n) is 3.82. The van der Waals surface area contributed by atoms with Gasteiger partial charge in [-0.1, -0.05) is 60.1 Å². The van der Waals surface area contributed by atoms with Gasteiger partial charge in [0.1, 0.15) is 0 Å². The zero-order valence-electron chi connectivity index (χ0n) is 17.9. The van der Waals surface area contributed by atoms with E-state index in [1.165, 1.54) is 0 Å². The molecule has 1 heterocycles. The first-order valence-electron chi connectivity index (χ1n) is 10.4. The first-order chi connectivity index (χ1) is 14.3. The summed E-state index contributed by atoms with van der Waals surface area (Å²) in [4.78, 5) is 29.8. The Morgan fingerprint density at radius 3 is 2.23 bits per heavy atom. The predicted molar refractivity (Wildman–Crippen MR) is 120 cm³/mol. The molecule has 0 saturated carbocycles. The number of benzene rings is 2. The van der Waals surface area contributed by atoms with Gasteiger partial charge in [0.15, 0.2) is 0 Å². The highest BCUT2D eigenvalue weighted by atomic mass is 35.5. The smallest absolute Gasteiger partial charge is 0.237 e. The van der Waals surface area contributed by atoms with Crippen LogP contribution in [0.5, 0.6) is 0 Å². The van der Waals surface area contributed by atoms with Crippen molar-refractivity contribution in [2.45, 2.75) is 38.8 Å². The fourth-order valence-corrected chi connectivity index (χ4v) is 4.03. The summed E-state index contributed by atoms with van der Waals surface area (Å²) in [6.07, 6.45) is 0. The van der Waals surface area contributed by atoms with Crippen LogP contribution < -0.4 is 5.32 Å². The van der Waals surface area contributed by atoms with E-state index in [1.54, 1.807) is 0 Å². The van der Waals surface area contributed by atoms with Gasteiger partial charge in [-0.2, -0.15) is 0 Å². The second-order valence-electron chi connectivity index (χ2n) is 8.30. The average Bonchev–Trinajstić information content (AvgIpc) is 2.78. The quantitative estimate of drug-likeness (QED) is 0.768. The lowest BCUT2D eigenvalue weighted by atomic mass is 9.83. The number of nitrogens with zero attached hydrogens (tertiary/aromatic N) is 2. The van der Waals surface area contributed by atoms with Crippen molar-refractivity contribution in [3.8, 4) is 0 Å².